The number of fused-ring (bicyclic) bond motifs is 1. The maximum absolute atomic E-state index is 12.4. The van der Waals surface area contributed by atoms with Crippen LogP contribution in [0.3, 0.4) is 0 Å². The Morgan fingerprint density at radius 2 is 2.00 bits per heavy atom. The minimum atomic E-state index is 0.215. The van der Waals surface area contributed by atoms with Gasteiger partial charge in [-0.05, 0) is 56.7 Å². The van der Waals surface area contributed by atoms with E-state index in [0.29, 0.717) is 6.04 Å². The fourth-order valence-electron chi connectivity index (χ4n) is 2.91. The van der Waals surface area contributed by atoms with Crippen LogP contribution in [0.1, 0.15) is 28.8 Å². The van der Waals surface area contributed by atoms with E-state index in [9.17, 15) is 4.79 Å². The number of nitrogens with zero attached hydrogens (tertiary/aromatic N) is 2. The first kappa shape index (κ1) is 12.2. The first-order valence-corrected chi connectivity index (χ1v) is 7.22. The van der Waals surface area contributed by atoms with Gasteiger partial charge in [0.1, 0.15) is 0 Å². The molecule has 0 bridgehead atoms. The Morgan fingerprint density at radius 1 is 1.28 bits per heavy atom. The van der Waals surface area contributed by atoms with E-state index in [-0.39, 0.29) is 5.91 Å². The summed E-state index contributed by atoms with van der Waals surface area (Å²) in [7, 11) is 2.15. The minimum absolute atomic E-state index is 0.215. The molecule has 0 aromatic heterocycles. The number of piperidine rings is 1. The molecule has 0 N–H and O–H groups in total. The van der Waals surface area contributed by atoms with Gasteiger partial charge in [0.2, 0.25) is 0 Å². The minimum Gasteiger partial charge on any atom is -0.331 e. The Labute approximate surface area is 116 Å². The van der Waals surface area contributed by atoms with Crippen molar-refractivity contribution in [3.63, 3.8) is 0 Å². The lowest BCUT2D eigenvalue weighted by atomic mass is 10.0. The number of carbonyl (C=O) groups excluding carboxylic acids is 1. The number of halogens is 1. The lowest BCUT2D eigenvalue weighted by molar-refractivity contribution is 0.0617. The summed E-state index contributed by atoms with van der Waals surface area (Å²) >= 11 is 3.47. The zero-order valence-electron chi connectivity index (χ0n) is 10.5. The van der Waals surface area contributed by atoms with Crippen molar-refractivity contribution in [2.45, 2.75) is 25.4 Å². The molecule has 2 aliphatic heterocycles. The zero-order chi connectivity index (χ0) is 12.7. The van der Waals surface area contributed by atoms with Crippen LogP contribution >= 0.6 is 15.9 Å². The number of hydrogen-bond acceptors (Lipinski definition) is 2. The number of likely N-dealkylation sites (tertiary alicyclic amines) is 1. The van der Waals surface area contributed by atoms with E-state index >= 15 is 0 Å². The molecule has 0 unspecified atom stereocenters. The number of amides is 1. The third-order valence-electron chi connectivity index (χ3n) is 4.03. The number of carbonyl (C=O) groups is 1. The topological polar surface area (TPSA) is 23.6 Å². The smallest absolute Gasteiger partial charge is 0.254 e. The lowest BCUT2D eigenvalue weighted by Crippen LogP contribution is -2.43. The molecular weight excluding hydrogens is 292 g/mol. The highest BCUT2D eigenvalue weighted by Gasteiger charge is 2.33. The van der Waals surface area contributed by atoms with Crippen LogP contribution in [0.4, 0.5) is 0 Å². The number of hydrogen-bond donors (Lipinski definition) is 0. The van der Waals surface area contributed by atoms with Crippen LogP contribution in [0, 0.1) is 0 Å². The van der Waals surface area contributed by atoms with Crippen LogP contribution < -0.4 is 0 Å². The maximum Gasteiger partial charge on any atom is 0.254 e. The van der Waals surface area contributed by atoms with Gasteiger partial charge in [-0.3, -0.25) is 4.79 Å². The Bertz CT molecular complexity index is 481. The molecule has 3 nitrogen and oxygen atoms in total. The fraction of sp³-hybridized carbons (Fsp3) is 0.500. The van der Waals surface area contributed by atoms with E-state index in [1.54, 1.807) is 0 Å². The molecular formula is C14H17BrN2O. The van der Waals surface area contributed by atoms with E-state index < -0.39 is 0 Å². The van der Waals surface area contributed by atoms with E-state index in [0.717, 1.165) is 48.1 Å². The summed E-state index contributed by atoms with van der Waals surface area (Å²) in [5, 5.41) is 0. The first-order valence-electron chi connectivity index (χ1n) is 6.43. The van der Waals surface area contributed by atoms with Gasteiger partial charge in [-0.15, -0.1) is 0 Å². The maximum atomic E-state index is 12.4. The van der Waals surface area contributed by atoms with Crippen molar-refractivity contribution in [2.75, 3.05) is 20.1 Å². The Kier molecular flexibility index (Phi) is 3.16. The van der Waals surface area contributed by atoms with Gasteiger partial charge in [0.15, 0.2) is 0 Å². The van der Waals surface area contributed by atoms with Crippen molar-refractivity contribution in [3.05, 3.63) is 33.8 Å². The highest BCUT2D eigenvalue weighted by atomic mass is 79.9. The first-order chi connectivity index (χ1) is 8.65. The molecule has 1 amide bonds. The highest BCUT2D eigenvalue weighted by Crippen LogP contribution is 2.30. The van der Waals surface area contributed by atoms with Crippen LogP contribution in [-0.4, -0.2) is 41.9 Å². The summed E-state index contributed by atoms with van der Waals surface area (Å²) in [6.45, 7) is 2.96. The Balaban J connectivity index is 1.80. The monoisotopic (exact) mass is 308 g/mol. The second-order valence-electron chi connectivity index (χ2n) is 5.27. The Morgan fingerprint density at radius 3 is 2.72 bits per heavy atom. The molecule has 1 aromatic carbocycles. The normalized spacial score (nSPS) is 21.4. The van der Waals surface area contributed by atoms with Crippen molar-refractivity contribution in [1.29, 1.82) is 0 Å². The van der Waals surface area contributed by atoms with Crippen molar-refractivity contribution in [1.82, 2.24) is 9.80 Å². The molecule has 3 rings (SSSR count). The predicted molar refractivity (Wildman–Crippen MR) is 74.5 cm³/mol. The number of benzene rings is 1. The fourth-order valence-corrected chi connectivity index (χ4v) is 3.32. The van der Waals surface area contributed by atoms with E-state index in [2.05, 4.69) is 38.8 Å². The molecule has 18 heavy (non-hydrogen) atoms. The summed E-state index contributed by atoms with van der Waals surface area (Å²) in [5.74, 6) is 0.215. The molecule has 96 valence electrons. The van der Waals surface area contributed by atoms with Gasteiger partial charge >= 0.3 is 0 Å². The second-order valence-corrected chi connectivity index (χ2v) is 6.18. The molecule has 4 heteroatoms. The average Bonchev–Trinajstić information content (AvgIpc) is 2.67. The van der Waals surface area contributed by atoms with E-state index in [1.165, 1.54) is 0 Å². The molecule has 0 radical (unpaired) electrons. The summed E-state index contributed by atoms with van der Waals surface area (Å²) in [4.78, 5) is 16.8. The zero-order valence-corrected chi connectivity index (χ0v) is 12.1. The average molecular weight is 309 g/mol. The molecule has 0 atom stereocenters. The molecule has 2 heterocycles. The van der Waals surface area contributed by atoms with Crippen molar-refractivity contribution < 1.29 is 4.79 Å². The summed E-state index contributed by atoms with van der Waals surface area (Å²) in [6.07, 6.45) is 2.19. The van der Waals surface area contributed by atoms with Gasteiger partial charge in [-0.2, -0.15) is 0 Å². The van der Waals surface area contributed by atoms with Crippen LogP contribution in [0.15, 0.2) is 22.7 Å². The molecule has 0 saturated carbocycles. The van der Waals surface area contributed by atoms with Gasteiger partial charge in [0, 0.05) is 22.6 Å². The largest absolute Gasteiger partial charge is 0.331 e. The summed E-state index contributed by atoms with van der Waals surface area (Å²) in [6, 6.07) is 6.38. The number of rotatable bonds is 1. The van der Waals surface area contributed by atoms with Crippen LogP contribution in [0.2, 0.25) is 0 Å². The van der Waals surface area contributed by atoms with Crippen LogP contribution in [0.25, 0.3) is 0 Å². The van der Waals surface area contributed by atoms with E-state index in [1.807, 2.05) is 12.1 Å². The third-order valence-corrected chi connectivity index (χ3v) is 4.52. The van der Waals surface area contributed by atoms with E-state index in [4.69, 9.17) is 0 Å². The van der Waals surface area contributed by atoms with Crippen molar-refractivity contribution >= 4 is 21.8 Å². The molecule has 2 aliphatic rings. The van der Waals surface area contributed by atoms with Gasteiger partial charge in [0.25, 0.3) is 5.91 Å². The van der Waals surface area contributed by atoms with Crippen LogP contribution in [0.5, 0.6) is 0 Å². The quantitative estimate of drug-likeness (QED) is 0.796. The van der Waals surface area contributed by atoms with Crippen LogP contribution in [-0.2, 0) is 6.54 Å². The van der Waals surface area contributed by atoms with Gasteiger partial charge in [0.05, 0.1) is 0 Å². The Hall–Kier alpha value is -0.870. The molecule has 1 aromatic rings. The predicted octanol–water partition coefficient (Wildman–Crippen LogP) is 2.50. The van der Waals surface area contributed by atoms with Gasteiger partial charge in [-0.1, -0.05) is 15.9 Å². The van der Waals surface area contributed by atoms with Gasteiger partial charge < -0.3 is 9.80 Å². The second kappa shape index (κ2) is 4.67. The SMILES string of the molecule is CN1CCC(N2Cc3cc(Br)ccc3C2=O)CC1. The standard InChI is InChI=1S/C14H17BrN2O/c1-16-6-4-12(5-7-16)17-9-10-8-11(15)2-3-13(10)14(17)18/h2-3,8,12H,4-7,9H2,1H3. The van der Waals surface area contributed by atoms with Gasteiger partial charge in [-0.25, -0.2) is 0 Å². The molecule has 0 aliphatic carbocycles. The van der Waals surface area contributed by atoms with Crippen molar-refractivity contribution in [2.24, 2.45) is 0 Å². The summed E-state index contributed by atoms with van der Waals surface area (Å²) in [5.41, 5.74) is 2.05. The van der Waals surface area contributed by atoms with Crippen molar-refractivity contribution in [3.8, 4) is 0 Å². The lowest BCUT2D eigenvalue weighted by Gasteiger charge is -2.34. The molecule has 1 saturated heterocycles. The highest BCUT2D eigenvalue weighted by molar-refractivity contribution is 9.10. The molecule has 1 fully saturated rings. The summed E-state index contributed by atoms with van der Waals surface area (Å²) < 4.78 is 1.05. The molecule has 0 spiro atoms. The third kappa shape index (κ3) is 2.08.